The average Bonchev–Trinajstić information content (AvgIpc) is 3.14. The van der Waals surface area contributed by atoms with Gasteiger partial charge in [0, 0.05) is 38.0 Å². The van der Waals surface area contributed by atoms with Crippen LogP contribution in [0.3, 0.4) is 0 Å². The fourth-order valence-electron chi connectivity index (χ4n) is 3.39. The first-order valence-electron chi connectivity index (χ1n) is 10.2. The van der Waals surface area contributed by atoms with Gasteiger partial charge in [0.25, 0.3) is 0 Å². The molecule has 0 spiro atoms. The fraction of sp³-hybridized carbons (Fsp3) is 0.524. The Balaban J connectivity index is 0.00000320. The normalized spacial score (nSPS) is 16.0. The van der Waals surface area contributed by atoms with Crippen LogP contribution >= 0.6 is 35.3 Å². The Labute approximate surface area is 199 Å². The molecule has 1 aliphatic rings. The summed E-state index contributed by atoms with van der Waals surface area (Å²) in [5.41, 5.74) is 2.05. The molecule has 0 amide bonds. The quantitative estimate of drug-likeness (QED) is 0.302. The molecule has 2 N–H and O–H groups in total. The molecule has 30 heavy (non-hydrogen) atoms. The van der Waals surface area contributed by atoms with E-state index in [9.17, 15) is 4.39 Å². The van der Waals surface area contributed by atoms with Crippen LogP contribution in [0.5, 0.6) is 0 Å². The fourth-order valence-corrected chi connectivity index (χ4v) is 4.03. The highest BCUT2D eigenvalue weighted by molar-refractivity contribution is 14.0. The van der Waals surface area contributed by atoms with Crippen molar-refractivity contribution in [2.45, 2.75) is 26.3 Å². The number of hydrogen-bond acceptors (Lipinski definition) is 5. The third-order valence-corrected chi connectivity index (χ3v) is 5.65. The molecule has 2 heterocycles. The number of ether oxygens (including phenoxy) is 1. The standard InChI is InChI=1S/C21H30FN5OS.HI/c1-3-23-21(24-8-7-19-15-29-16(2)26-19)25-14-20(27-9-11-28-12-10-27)17-5-4-6-18(22)13-17;/h4-6,13,15,20H,3,7-12,14H2,1-2H3,(H2,23,24,25);1H. The van der Waals surface area contributed by atoms with Gasteiger partial charge in [-0.3, -0.25) is 9.89 Å². The zero-order chi connectivity index (χ0) is 20.5. The minimum absolute atomic E-state index is 0. The Kier molecular flexibility index (Phi) is 11.0. The van der Waals surface area contributed by atoms with Gasteiger partial charge >= 0.3 is 0 Å². The number of aromatic nitrogens is 1. The number of nitrogens with zero attached hydrogens (tertiary/aromatic N) is 3. The second kappa shape index (κ2) is 13.2. The van der Waals surface area contributed by atoms with Crippen molar-refractivity contribution in [3.05, 3.63) is 51.7 Å². The first-order valence-corrected chi connectivity index (χ1v) is 11.0. The summed E-state index contributed by atoms with van der Waals surface area (Å²) in [5.74, 6) is 0.558. The molecular formula is C21H31FIN5OS. The molecule has 1 aromatic carbocycles. The van der Waals surface area contributed by atoms with Crippen LogP contribution < -0.4 is 10.6 Å². The largest absolute Gasteiger partial charge is 0.379 e. The van der Waals surface area contributed by atoms with Crippen molar-refractivity contribution in [3.8, 4) is 0 Å². The Bertz CT molecular complexity index is 797. The first-order chi connectivity index (χ1) is 14.2. The number of benzene rings is 1. The van der Waals surface area contributed by atoms with Crippen LogP contribution in [0.25, 0.3) is 0 Å². The molecule has 166 valence electrons. The number of thiazole rings is 1. The van der Waals surface area contributed by atoms with Crippen LogP contribution in [0.4, 0.5) is 4.39 Å². The molecule has 0 radical (unpaired) electrons. The van der Waals surface area contributed by atoms with E-state index in [1.54, 1.807) is 23.5 Å². The van der Waals surface area contributed by atoms with E-state index in [1.807, 2.05) is 19.9 Å². The first kappa shape index (κ1) is 25.0. The third-order valence-electron chi connectivity index (χ3n) is 4.83. The van der Waals surface area contributed by atoms with E-state index >= 15 is 0 Å². The maximum Gasteiger partial charge on any atom is 0.191 e. The van der Waals surface area contributed by atoms with Crippen molar-refractivity contribution in [1.82, 2.24) is 20.5 Å². The maximum atomic E-state index is 13.8. The molecule has 9 heteroatoms. The van der Waals surface area contributed by atoms with Gasteiger partial charge in [-0.1, -0.05) is 12.1 Å². The summed E-state index contributed by atoms with van der Waals surface area (Å²) in [4.78, 5) is 11.6. The highest BCUT2D eigenvalue weighted by Gasteiger charge is 2.23. The number of morpholine rings is 1. The molecule has 2 aromatic rings. The predicted molar refractivity (Wildman–Crippen MR) is 131 cm³/mol. The molecule has 1 fully saturated rings. The van der Waals surface area contributed by atoms with Gasteiger partial charge in [0.1, 0.15) is 5.82 Å². The molecule has 1 unspecified atom stereocenters. The van der Waals surface area contributed by atoms with Gasteiger partial charge in [-0.15, -0.1) is 35.3 Å². The lowest BCUT2D eigenvalue weighted by Crippen LogP contribution is -2.42. The lowest BCUT2D eigenvalue weighted by molar-refractivity contribution is 0.0179. The Morgan fingerprint density at radius 1 is 1.33 bits per heavy atom. The van der Waals surface area contributed by atoms with Crippen molar-refractivity contribution in [1.29, 1.82) is 0 Å². The molecule has 1 aliphatic heterocycles. The van der Waals surface area contributed by atoms with Gasteiger partial charge in [0.15, 0.2) is 5.96 Å². The molecular weight excluding hydrogens is 516 g/mol. The number of nitrogens with one attached hydrogen (secondary N) is 2. The Morgan fingerprint density at radius 2 is 2.13 bits per heavy atom. The highest BCUT2D eigenvalue weighted by Crippen LogP contribution is 2.23. The summed E-state index contributed by atoms with van der Waals surface area (Å²) >= 11 is 1.67. The summed E-state index contributed by atoms with van der Waals surface area (Å²) in [6, 6.07) is 6.85. The molecule has 3 rings (SSSR count). The third kappa shape index (κ3) is 7.75. The molecule has 6 nitrogen and oxygen atoms in total. The molecule has 0 bridgehead atoms. The lowest BCUT2D eigenvalue weighted by Gasteiger charge is -2.34. The van der Waals surface area contributed by atoms with Gasteiger partial charge < -0.3 is 15.4 Å². The van der Waals surface area contributed by atoms with Gasteiger partial charge in [-0.25, -0.2) is 9.37 Å². The number of halogens is 2. The summed E-state index contributed by atoms with van der Waals surface area (Å²) in [5, 5.41) is 9.87. The van der Waals surface area contributed by atoms with E-state index in [2.05, 4.69) is 25.9 Å². The van der Waals surface area contributed by atoms with Crippen molar-refractivity contribution < 1.29 is 9.13 Å². The number of aliphatic imine (C=N–C) groups is 1. The van der Waals surface area contributed by atoms with Crippen LogP contribution in [0, 0.1) is 12.7 Å². The maximum absolute atomic E-state index is 13.8. The second-order valence-electron chi connectivity index (χ2n) is 6.97. The van der Waals surface area contributed by atoms with Crippen LogP contribution in [-0.2, 0) is 11.2 Å². The number of aryl methyl sites for hydroxylation is 1. The lowest BCUT2D eigenvalue weighted by atomic mass is 10.0. The molecule has 0 aliphatic carbocycles. The van der Waals surface area contributed by atoms with E-state index in [4.69, 9.17) is 9.73 Å². The number of hydrogen-bond donors (Lipinski definition) is 2. The van der Waals surface area contributed by atoms with E-state index in [0.29, 0.717) is 19.8 Å². The topological polar surface area (TPSA) is 61.8 Å². The second-order valence-corrected chi connectivity index (χ2v) is 8.04. The monoisotopic (exact) mass is 547 g/mol. The zero-order valence-electron chi connectivity index (χ0n) is 17.6. The van der Waals surface area contributed by atoms with Crippen LogP contribution in [0.15, 0.2) is 34.6 Å². The highest BCUT2D eigenvalue weighted by atomic mass is 127. The van der Waals surface area contributed by atoms with Gasteiger partial charge in [-0.2, -0.15) is 0 Å². The van der Waals surface area contributed by atoms with Crippen LogP contribution in [0.1, 0.15) is 29.2 Å². The molecule has 1 saturated heterocycles. The predicted octanol–water partition coefficient (Wildman–Crippen LogP) is 3.38. The van der Waals surface area contributed by atoms with Gasteiger partial charge in [0.2, 0.25) is 0 Å². The molecule has 1 aromatic heterocycles. The van der Waals surface area contributed by atoms with E-state index in [-0.39, 0.29) is 35.8 Å². The zero-order valence-corrected chi connectivity index (χ0v) is 20.7. The number of guanidine groups is 1. The average molecular weight is 547 g/mol. The summed E-state index contributed by atoms with van der Waals surface area (Å²) in [6.07, 6.45) is 0.853. The van der Waals surface area contributed by atoms with Gasteiger partial charge in [0.05, 0.1) is 36.5 Å². The van der Waals surface area contributed by atoms with E-state index in [1.165, 1.54) is 6.07 Å². The van der Waals surface area contributed by atoms with E-state index < -0.39 is 0 Å². The van der Waals surface area contributed by atoms with Gasteiger partial charge in [-0.05, 0) is 31.5 Å². The summed E-state index contributed by atoms with van der Waals surface area (Å²) < 4.78 is 19.3. The van der Waals surface area contributed by atoms with Crippen molar-refractivity contribution in [2.24, 2.45) is 4.99 Å². The minimum Gasteiger partial charge on any atom is -0.379 e. The SMILES string of the molecule is CCNC(=NCC(c1cccc(F)c1)N1CCOCC1)NCCc1csc(C)n1.I. The summed E-state index contributed by atoms with van der Waals surface area (Å²) in [7, 11) is 0. The molecule has 0 saturated carbocycles. The van der Waals surface area contributed by atoms with Crippen molar-refractivity contribution in [3.63, 3.8) is 0 Å². The van der Waals surface area contributed by atoms with Crippen molar-refractivity contribution >= 4 is 41.3 Å². The Hall–Kier alpha value is -1.30. The van der Waals surface area contributed by atoms with Crippen LogP contribution in [0.2, 0.25) is 0 Å². The molecule has 1 atom stereocenters. The van der Waals surface area contributed by atoms with E-state index in [0.717, 1.165) is 54.8 Å². The van der Waals surface area contributed by atoms with Crippen LogP contribution in [-0.4, -0.2) is 61.8 Å². The smallest absolute Gasteiger partial charge is 0.191 e. The minimum atomic E-state index is -0.215. The summed E-state index contributed by atoms with van der Waals surface area (Å²) in [6.45, 7) is 9.20. The Morgan fingerprint density at radius 3 is 2.80 bits per heavy atom. The van der Waals surface area contributed by atoms with Crippen molar-refractivity contribution in [2.75, 3.05) is 45.9 Å². The number of rotatable bonds is 8.